The summed E-state index contributed by atoms with van der Waals surface area (Å²) in [4.78, 5) is 3.12. The summed E-state index contributed by atoms with van der Waals surface area (Å²) in [5.41, 5.74) is 2.47. The van der Waals surface area contributed by atoms with Crippen LogP contribution in [0.4, 0.5) is 8.78 Å². The van der Waals surface area contributed by atoms with E-state index in [1.807, 2.05) is 30.3 Å². The first kappa shape index (κ1) is 20.3. The van der Waals surface area contributed by atoms with Gasteiger partial charge < -0.3 is 4.98 Å². The summed E-state index contributed by atoms with van der Waals surface area (Å²) in [6, 6.07) is 18.6. The van der Waals surface area contributed by atoms with Crippen LogP contribution >= 0.6 is 0 Å². The van der Waals surface area contributed by atoms with Crippen molar-refractivity contribution in [3.05, 3.63) is 102 Å². The number of nitrogens with one attached hydrogen (secondary N) is 1. The standard InChI is InChI=1S/C23H20F2N2O2S/c24-19-6-9-21(10-7-19)30(28,29)27(16-17-4-2-1-3-5-17)13-12-18-15-26-23-11-8-20(25)14-22(18)23/h1-11,14-15,26H,12-13,16H2. The molecule has 3 aromatic carbocycles. The highest BCUT2D eigenvalue weighted by molar-refractivity contribution is 7.89. The number of nitrogens with zero attached hydrogens (tertiary/aromatic N) is 1. The molecule has 0 unspecified atom stereocenters. The Bertz CT molecular complexity index is 1250. The Kier molecular flexibility index (Phi) is 5.65. The van der Waals surface area contributed by atoms with E-state index in [4.69, 9.17) is 0 Å². The maximum atomic E-state index is 13.7. The fourth-order valence-corrected chi connectivity index (χ4v) is 4.86. The zero-order valence-electron chi connectivity index (χ0n) is 16.1. The Balaban J connectivity index is 1.64. The van der Waals surface area contributed by atoms with Gasteiger partial charge in [-0.15, -0.1) is 0 Å². The summed E-state index contributed by atoms with van der Waals surface area (Å²) < 4.78 is 54.9. The van der Waals surface area contributed by atoms with Gasteiger partial charge in [0.2, 0.25) is 10.0 Å². The highest BCUT2D eigenvalue weighted by Gasteiger charge is 2.25. The van der Waals surface area contributed by atoms with Crippen LogP contribution in [-0.4, -0.2) is 24.3 Å². The van der Waals surface area contributed by atoms with Gasteiger partial charge in [-0.2, -0.15) is 4.31 Å². The van der Waals surface area contributed by atoms with Gasteiger partial charge in [-0.25, -0.2) is 17.2 Å². The van der Waals surface area contributed by atoms with Crippen molar-refractivity contribution >= 4 is 20.9 Å². The van der Waals surface area contributed by atoms with Crippen LogP contribution in [0.15, 0.2) is 83.9 Å². The van der Waals surface area contributed by atoms with Gasteiger partial charge in [-0.1, -0.05) is 30.3 Å². The first-order valence-electron chi connectivity index (χ1n) is 9.48. The molecule has 0 aliphatic heterocycles. The van der Waals surface area contributed by atoms with Crippen LogP contribution in [0.3, 0.4) is 0 Å². The quantitative estimate of drug-likeness (QED) is 0.458. The van der Waals surface area contributed by atoms with E-state index >= 15 is 0 Å². The van der Waals surface area contributed by atoms with Crippen LogP contribution in [0.2, 0.25) is 0 Å². The number of H-pyrrole nitrogens is 1. The molecule has 0 radical (unpaired) electrons. The van der Waals surface area contributed by atoms with Crippen molar-refractivity contribution in [3.8, 4) is 0 Å². The molecule has 1 heterocycles. The van der Waals surface area contributed by atoms with Gasteiger partial charge >= 0.3 is 0 Å². The smallest absolute Gasteiger partial charge is 0.243 e. The average Bonchev–Trinajstić information content (AvgIpc) is 3.14. The first-order valence-corrected chi connectivity index (χ1v) is 10.9. The Labute approximate surface area is 173 Å². The fraction of sp³-hybridized carbons (Fsp3) is 0.130. The first-order chi connectivity index (χ1) is 14.4. The van der Waals surface area contributed by atoms with Crippen LogP contribution in [0.5, 0.6) is 0 Å². The van der Waals surface area contributed by atoms with Crippen molar-refractivity contribution < 1.29 is 17.2 Å². The highest BCUT2D eigenvalue weighted by Crippen LogP contribution is 2.23. The van der Waals surface area contributed by atoms with E-state index in [9.17, 15) is 17.2 Å². The van der Waals surface area contributed by atoms with Gasteiger partial charge in [0.15, 0.2) is 0 Å². The second-order valence-corrected chi connectivity index (χ2v) is 8.97. The second-order valence-electron chi connectivity index (χ2n) is 7.03. The third-order valence-electron chi connectivity index (χ3n) is 5.01. The van der Waals surface area contributed by atoms with E-state index < -0.39 is 15.8 Å². The zero-order chi connectivity index (χ0) is 21.1. The molecule has 0 spiro atoms. The molecule has 1 aromatic heterocycles. The molecule has 1 N–H and O–H groups in total. The Morgan fingerprint density at radius 2 is 1.57 bits per heavy atom. The maximum Gasteiger partial charge on any atom is 0.243 e. The molecule has 0 saturated carbocycles. The molecule has 30 heavy (non-hydrogen) atoms. The summed E-state index contributed by atoms with van der Waals surface area (Å²) >= 11 is 0. The average molecular weight is 426 g/mol. The van der Waals surface area contributed by atoms with E-state index in [0.717, 1.165) is 34.2 Å². The van der Waals surface area contributed by atoms with Gasteiger partial charge in [0.05, 0.1) is 4.90 Å². The summed E-state index contributed by atoms with van der Waals surface area (Å²) in [5.74, 6) is -0.840. The van der Waals surface area contributed by atoms with Gasteiger partial charge in [-0.05, 0) is 60.0 Å². The number of hydrogen-bond donors (Lipinski definition) is 1. The van der Waals surface area contributed by atoms with Crippen LogP contribution in [0.25, 0.3) is 10.9 Å². The number of benzene rings is 3. The lowest BCUT2D eigenvalue weighted by atomic mass is 10.1. The van der Waals surface area contributed by atoms with Crippen LogP contribution in [0, 0.1) is 11.6 Å². The van der Waals surface area contributed by atoms with Crippen molar-refractivity contribution in [3.63, 3.8) is 0 Å². The highest BCUT2D eigenvalue weighted by atomic mass is 32.2. The van der Waals surface area contributed by atoms with Crippen LogP contribution < -0.4 is 0 Å². The van der Waals surface area contributed by atoms with Crippen LogP contribution in [0.1, 0.15) is 11.1 Å². The molecule has 7 heteroatoms. The number of rotatable bonds is 7. The minimum atomic E-state index is -3.85. The molecular formula is C23H20F2N2O2S. The number of hydrogen-bond acceptors (Lipinski definition) is 2. The Morgan fingerprint density at radius 3 is 2.30 bits per heavy atom. The summed E-state index contributed by atoms with van der Waals surface area (Å²) in [5, 5.41) is 0.730. The Hall–Kier alpha value is -3.03. The molecular weight excluding hydrogens is 406 g/mol. The Morgan fingerprint density at radius 1 is 0.867 bits per heavy atom. The fourth-order valence-electron chi connectivity index (χ4n) is 3.43. The van der Waals surface area contributed by atoms with Crippen molar-refractivity contribution in [1.82, 2.24) is 9.29 Å². The third kappa shape index (κ3) is 4.27. The molecule has 0 saturated heterocycles. The summed E-state index contributed by atoms with van der Waals surface area (Å²) in [6.45, 7) is 0.370. The van der Waals surface area contributed by atoms with E-state index in [-0.39, 0.29) is 23.8 Å². The molecule has 0 aliphatic rings. The molecule has 0 fully saturated rings. The summed E-state index contributed by atoms with van der Waals surface area (Å²) in [7, 11) is -3.85. The lowest BCUT2D eigenvalue weighted by molar-refractivity contribution is 0.409. The minimum Gasteiger partial charge on any atom is -0.361 e. The van der Waals surface area contributed by atoms with Crippen molar-refractivity contribution in [2.75, 3.05) is 6.54 Å². The lowest BCUT2D eigenvalue weighted by Gasteiger charge is -2.22. The van der Waals surface area contributed by atoms with Gasteiger partial charge in [0.25, 0.3) is 0 Å². The number of aromatic nitrogens is 1. The minimum absolute atomic E-state index is 0.0322. The predicted molar refractivity (Wildman–Crippen MR) is 112 cm³/mol. The number of aromatic amines is 1. The van der Waals surface area contributed by atoms with Crippen LogP contribution in [-0.2, 0) is 23.0 Å². The second kappa shape index (κ2) is 8.38. The molecule has 154 valence electrons. The molecule has 4 aromatic rings. The zero-order valence-corrected chi connectivity index (χ0v) is 16.9. The lowest BCUT2D eigenvalue weighted by Crippen LogP contribution is -2.32. The van der Waals surface area contributed by atoms with Crippen molar-refractivity contribution in [2.24, 2.45) is 0 Å². The molecule has 0 aliphatic carbocycles. The molecule has 4 nitrogen and oxygen atoms in total. The van der Waals surface area contributed by atoms with Crippen molar-refractivity contribution in [2.45, 2.75) is 17.9 Å². The van der Waals surface area contributed by atoms with E-state index in [0.29, 0.717) is 6.42 Å². The number of fused-ring (bicyclic) bond motifs is 1. The summed E-state index contributed by atoms with van der Waals surface area (Å²) in [6.07, 6.45) is 2.17. The normalized spacial score (nSPS) is 12.0. The number of halogens is 2. The van der Waals surface area contributed by atoms with Gasteiger partial charge in [0.1, 0.15) is 11.6 Å². The molecule has 4 rings (SSSR count). The van der Waals surface area contributed by atoms with Crippen molar-refractivity contribution in [1.29, 1.82) is 0 Å². The van der Waals surface area contributed by atoms with E-state index in [2.05, 4.69) is 4.98 Å². The van der Waals surface area contributed by atoms with E-state index in [1.54, 1.807) is 12.3 Å². The molecule has 0 bridgehead atoms. The number of sulfonamides is 1. The monoisotopic (exact) mass is 426 g/mol. The molecule has 0 atom stereocenters. The maximum absolute atomic E-state index is 13.7. The SMILES string of the molecule is O=S(=O)(c1ccc(F)cc1)N(CCc1c[nH]c2ccc(F)cc12)Cc1ccccc1. The molecule has 0 amide bonds. The predicted octanol–water partition coefficient (Wildman–Crippen LogP) is 4.88. The largest absolute Gasteiger partial charge is 0.361 e. The van der Waals surface area contributed by atoms with E-state index in [1.165, 1.54) is 28.6 Å². The topological polar surface area (TPSA) is 53.2 Å². The van der Waals surface area contributed by atoms with Gasteiger partial charge in [-0.3, -0.25) is 0 Å². The third-order valence-corrected chi connectivity index (χ3v) is 6.87. The van der Waals surface area contributed by atoms with Gasteiger partial charge in [0, 0.05) is 30.2 Å².